The Hall–Kier alpha value is -2.92. The average Bonchev–Trinajstić information content (AvgIpc) is 3.04. The Bertz CT molecular complexity index is 1580. The number of hydrogen-bond donors (Lipinski definition) is 1. The molecule has 3 aromatic carbocycles. The summed E-state index contributed by atoms with van der Waals surface area (Å²) in [6.45, 7) is 3.19. The molecule has 0 aliphatic heterocycles. The van der Waals surface area contributed by atoms with Crippen molar-refractivity contribution in [1.82, 2.24) is 10.2 Å². The van der Waals surface area contributed by atoms with Crippen molar-refractivity contribution in [2.75, 3.05) is 23.7 Å². The molecule has 4 rings (SSSR count). The zero-order chi connectivity index (χ0) is 32.6. The zero-order valence-electron chi connectivity index (χ0n) is 25.7. The van der Waals surface area contributed by atoms with Gasteiger partial charge in [-0.25, -0.2) is 8.42 Å². The van der Waals surface area contributed by atoms with Gasteiger partial charge in [-0.3, -0.25) is 13.9 Å². The van der Waals surface area contributed by atoms with Gasteiger partial charge in [-0.05, 0) is 87.0 Å². The maximum Gasteiger partial charge on any atom is 0.264 e. The van der Waals surface area contributed by atoms with Crippen molar-refractivity contribution < 1.29 is 22.7 Å². The minimum absolute atomic E-state index is 0.0123. The Morgan fingerprint density at radius 2 is 1.69 bits per heavy atom. The molecule has 1 fully saturated rings. The summed E-state index contributed by atoms with van der Waals surface area (Å²) in [4.78, 5) is 30.2. The summed E-state index contributed by atoms with van der Waals surface area (Å²) in [7, 11) is -4.24. The zero-order valence-corrected chi connectivity index (χ0v) is 28.8. The standard InChI is InChI=1S/C33H39Cl2N3O5S2/c1-4-43-31-13-9-8-12-30(31)38(45(41,42)27-17-15-26(44-3)16-18-27)22-32(39)37(21-24-14-19-28(34)29(35)20-24)23(2)33(40)36-25-10-6-5-7-11-25/h8-9,12-20,23,25H,4-7,10-11,21-22H2,1-3H3,(H,36,40)/t23-/m0/s1. The van der Waals surface area contributed by atoms with Gasteiger partial charge in [0.1, 0.15) is 18.3 Å². The Morgan fingerprint density at radius 3 is 2.33 bits per heavy atom. The molecule has 8 nitrogen and oxygen atoms in total. The van der Waals surface area contributed by atoms with Gasteiger partial charge in [-0.15, -0.1) is 11.8 Å². The SMILES string of the molecule is CCOc1ccccc1N(CC(=O)N(Cc1ccc(Cl)c(Cl)c1)[C@@H](C)C(=O)NC1CCCCC1)S(=O)(=O)c1ccc(SC)cc1. The number of amides is 2. The molecule has 3 aromatic rings. The number of benzene rings is 3. The topological polar surface area (TPSA) is 96.0 Å². The molecule has 0 unspecified atom stereocenters. The second-order valence-electron chi connectivity index (χ2n) is 10.9. The summed E-state index contributed by atoms with van der Waals surface area (Å²) in [6.07, 6.45) is 6.88. The monoisotopic (exact) mass is 691 g/mol. The van der Waals surface area contributed by atoms with Crippen LogP contribution in [0, 0.1) is 0 Å². The van der Waals surface area contributed by atoms with E-state index in [9.17, 15) is 18.0 Å². The van der Waals surface area contributed by atoms with Crippen molar-refractivity contribution in [2.45, 2.75) is 74.4 Å². The van der Waals surface area contributed by atoms with Gasteiger partial charge in [-0.2, -0.15) is 0 Å². The van der Waals surface area contributed by atoms with Crippen molar-refractivity contribution in [3.8, 4) is 5.75 Å². The van der Waals surface area contributed by atoms with Crippen LogP contribution in [0.1, 0.15) is 51.5 Å². The lowest BCUT2D eigenvalue weighted by Gasteiger charge is -2.33. The first kappa shape index (κ1) is 34.9. The number of nitrogens with one attached hydrogen (secondary N) is 1. The fourth-order valence-corrected chi connectivity index (χ4v) is 7.47. The van der Waals surface area contributed by atoms with Gasteiger partial charge in [0.25, 0.3) is 10.0 Å². The molecule has 45 heavy (non-hydrogen) atoms. The summed E-state index contributed by atoms with van der Waals surface area (Å²) in [5.74, 6) is -0.550. The normalized spacial score (nSPS) is 14.4. The molecule has 0 heterocycles. The number of ether oxygens (including phenoxy) is 1. The predicted molar refractivity (Wildman–Crippen MR) is 182 cm³/mol. The number of anilines is 1. The lowest BCUT2D eigenvalue weighted by atomic mass is 9.95. The van der Waals surface area contributed by atoms with Gasteiger partial charge in [0.2, 0.25) is 11.8 Å². The number of thioether (sulfide) groups is 1. The fraction of sp³-hybridized carbons (Fsp3) is 0.394. The molecule has 0 radical (unpaired) electrons. The lowest BCUT2D eigenvalue weighted by Crippen LogP contribution is -2.53. The van der Waals surface area contributed by atoms with Gasteiger partial charge in [0.05, 0.1) is 27.2 Å². The first-order valence-electron chi connectivity index (χ1n) is 15.0. The Morgan fingerprint density at radius 1 is 1.00 bits per heavy atom. The maximum absolute atomic E-state index is 14.3. The highest BCUT2D eigenvalue weighted by Gasteiger charge is 2.34. The molecule has 242 valence electrons. The molecule has 1 saturated carbocycles. The van der Waals surface area contributed by atoms with E-state index in [2.05, 4.69) is 5.32 Å². The van der Waals surface area contributed by atoms with E-state index in [1.807, 2.05) is 6.26 Å². The van der Waals surface area contributed by atoms with Gasteiger partial charge >= 0.3 is 0 Å². The van der Waals surface area contributed by atoms with Crippen LogP contribution in [0.25, 0.3) is 0 Å². The lowest BCUT2D eigenvalue weighted by molar-refractivity contribution is -0.139. The molecule has 0 saturated heterocycles. The van der Waals surface area contributed by atoms with E-state index in [1.165, 1.54) is 28.8 Å². The molecule has 0 aromatic heterocycles. The summed E-state index contributed by atoms with van der Waals surface area (Å²) in [6, 6.07) is 17.3. The highest BCUT2D eigenvalue weighted by Crippen LogP contribution is 2.33. The largest absolute Gasteiger partial charge is 0.492 e. The summed E-state index contributed by atoms with van der Waals surface area (Å²) < 4.78 is 35.3. The molecule has 1 N–H and O–H groups in total. The average molecular weight is 693 g/mol. The van der Waals surface area contributed by atoms with Crippen LogP contribution in [0.3, 0.4) is 0 Å². The van der Waals surface area contributed by atoms with Crippen molar-refractivity contribution in [2.24, 2.45) is 0 Å². The molecular weight excluding hydrogens is 653 g/mol. The maximum atomic E-state index is 14.3. The fourth-order valence-electron chi connectivity index (χ4n) is 5.32. The van der Waals surface area contributed by atoms with Crippen LogP contribution in [0.2, 0.25) is 10.0 Å². The number of hydrogen-bond acceptors (Lipinski definition) is 6. The first-order valence-corrected chi connectivity index (χ1v) is 18.4. The minimum atomic E-state index is -4.24. The number of nitrogens with zero attached hydrogens (tertiary/aromatic N) is 2. The van der Waals surface area contributed by atoms with Crippen LogP contribution in [-0.2, 0) is 26.2 Å². The van der Waals surface area contributed by atoms with Crippen molar-refractivity contribution in [1.29, 1.82) is 0 Å². The number of carbonyl (C=O) groups excluding carboxylic acids is 2. The van der Waals surface area contributed by atoms with Gasteiger partial charge < -0.3 is 15.0 Å². The molecule has 0 bridgehead atoms. The third kappa shape index (κ3) is 8.87. The van der Waals surface area contributed by atoms with E-state index < -0.39 is 28.5 Å². The molecule has 0 spiro atoms. The van der Waals surface area contributed by atoms with E-state index in [0.717, 1.165) is 41.3 Å². The van der Waals surface area contributed by atoms with Gasteiger partial charge in [-0.1, -0.05) is 60.7 Å². The van der Waals surface area contributed by atoms with Gasteiger partial charge in [0, 0.05) is 17.5 Å². The number of halogens is 2. The van der Waals surface area contributed by atoms with Crippen LogP contribution in [0.15, 0.2) is 76.5 Å². The van der Waals surface area contributed by atoms with Gasteiger partial charge in [0.15, 0.2) is 0 Å². The molecule has 1 aliphatic carbocycles. The number of sulfonamides is 1. The third-order valence-corrected chi connectivity index (χ3v) is 11.1. The Kier molecular flexibility index (Phi) is 12.5. The number of para-hydroxylation sites is 2. The Labute approximate surface area is 280 Å². The van der Waals surface area contributed by atoms with Crippen molar-refractivity contribution in [3.63, 3.8) is 0 Å². The summed E-state index contributed by atoms with van der Waals surface area (Å²) in [5, 5.41) is 3.77. The number of carbonyl (C=O) groups is 2. The molecule has 2 amide bonds. The molecular formula is C33H39Cl2N3O5S2. The first-order chi connectivity index (χ1) is 21.5. The quantitative estimate of drug-likeness (QED) is 0.191. The van der Waals surface area contributed by atoms with E-state index in [4.69, 9.17) is 27.9 Å². The van der Waals surface area contributed by atoms with E-state index in [-0.39, 0.29) is 29.1 Å². The van der Waals surface area contributed by atoms with E-state index in [0.29, 0.717) is 28.0 Å². The van der Waals surface area contributed by atoms with Crippen LogP contribution in [0.4, 0.5) is 5.69 Å². The highest BCUT2D eigenvalue weighted by atomic mass is 35.5. The highest BCUT2D eigenvalue weighted by molar-refractivity contribution is 7.98. The third-order valence-electron chi connectivity index (χ3n) is 7.82. The van der Waals surface area contributed by atoms with Crippen LogP contribution < -0.4 is 14.4 Å². The summed E-state index contributed by atoms with van der Waals surface area (Å²) in [5.41, 5.74) is 0.863. The number of rotatable bonds is 13. The second-order valence-corrected chi connectivity index (χ2v) is 14.4. The molecule has 1 aliphatic rings. The predicted octanol–water partition coefficient (Wildman–Crippen LogP) is 7.18. The van der Waals surface area contributed by atoms with Crippen LogP contribution in [-0.4, -0.2) is 56.6 Å². The van der Waals surface area contributed by atoms with Crippen LogP contribution >= 0.6 is 35.0 Å². The second kappa shape index (κ2) is 16.1. The molecule has 12 heteroatoms. The smallest absolute Gasteiger partial charge is 0.264 e. The minimum Gasteiger partial charge on any atom is -0.492 e. The van der Waals surface area contributed by atoms with Crippen molar-refractivity contribution >= 4 is 62.5 Å². The molecule has 1 atom stereocenters. The van der Waals surface area contributed by atoms with Crippen LogP contribution in [0.5, 0.6) is 5.75 Å². The van der Waals surface area contributed by atoms with E-state index >= 15 is 0 Å². The Balaban J connectivity index is 1.73. The van der Waals surface area contributed by atoms with Crippen molar-refractivity contribution in [3.05, 3.63) is 82.3 Å². The van der Waals surface area contributed by atoms with E-state index in [1.54, 1.807) is 68.4 Å². The summed E-state index contributed by atoms with van der Waals surface area (Å²) >= 11 is 13.9.